The Kier molecular flexibility index (Phi) is 8.86. The smallest absolute Gasteiger partial charge is 0.243 e. The minimum atomic E-state index is -3.73. The Hall–Kier alpha value is -2.51. The maximum Gasteiger partial charge on any atom is 0.243 e. The van der Waals surface area contributed by atoms with Crippen molar-refractivity contribution in [1.29, 1.82) is 0 Å². The van der Waals surface area contributed by atoms with Gasteiger partial charge in [0.1, 0.15) is 5.75 Å². The van der Waals surface area contributed by atoms with Crippen molar-refractivity contribution in [2.24, 2.45) is 5.92 Å². The fourth-order valence-corrected chi connectivity index (χ4v) is 7.38. The van der Waals surface area contributed by atoms with E-state index in [4.69, 9.17) is 9.47 Å². The Labute approximate surface area is 218 Å². The highest BCUT2D eigenvalue weighted by Gasteiger charge is 2.33. The van der Waals surface area contributed by atoms with Gasteiger partial charge < -0.3 is 14.8 Å². The van der Waals surface area contributed by atoms with Crippen LogP contribution < -0.4 is 10.1 Å². The quantitative estimate of drug-likeness (QED) is 0.505. The molecule has 0 aliphatic carbocycles. The Balaban J connectivity index is 1.34. The third-order valence-corrected chi connectivity index (χ3v) is 10.3. The van der Waals surface area contributed by atoms with Gasteiger partial charge in [-0.15, -0.1) is 0 Å². The number of carbonyl (C=O) groups excluding carboxylic acids is 1. The molecule has 12 heteroatoms. The van der Waals surface area contributed by atoms with Gasteiger partial charge in [0.15, 0.2) is 0 Å². The minimum absolute atomic E-state index is 0.109. The summed E-state index contributed by atoms with van der Waals surface area (Å²) in [5.74, 6) is -0.0899. The molecular formula is C25H33N3O7S2. The third kappa shape index (κ3) is 6.50. The largest absolute Gasteiger partial charge is 0.494 e. The molecule has 1 amide bonds. The molecule has 2 aliphatic heterocycles. The monoisotopic (exact) mass is 551 g/mol. The number of morpholine rings is 1. The number of hydrogen-bond donors (Lipinski definition) is 1. The van der Waals surface area contributed by atoms with Gasteiger partial charge in [-0.2, -0.15) is 8.61 Å². The first kappa shape index (κ1) is 27.5. The molecule has 2 aliphatic rings. The molecule has 202 valence electrons. The molecule has 2 heterocycles. The van der Waals surface area contributed by atoms with Crippen molar-refractivity contribution >= 4 is 26.0 Å². The first-order valence-electron chi connectivity index (χ1n) is 12.4. The van der Waals surface area contributed by atoms with Gasteiger partial charge >= 0.3 is 0 Å². The highest BCUT2D eigenvalue weighted by Crippen LogP contribution is 2.25. The molecule has 2 saturated heterocycles. The minimum Gasteiger partial charge on any atom is -0.494 e. The number of amides is 1. The molecule has 1 N–H and O–H groups in total. The van der Waals surface area contributed by atoms with Crippen LogP contribution in [-0.4, -0.2) is 77.4 Å². The number of hydrogen-bond acceptors (Lipinski definition) is 7. The van der Waals surface area contributed by atoms with Crippen molar-refractivity contribution < 1.29 is 31.1 Å². The fraction of sp³-hybridized carbons (Fsp3) is 0.480. The standard InChI is InChI=1S/C25H33N3O7S2/c1-2-35-22-7-11-24(12-8-22)37(32,33)28-13-3-4-21(19-28)25(29)26-18-20-5-9-23(10-6-20)36(30,31)27-14-16-34-17-15-27/h5-12,21H,2-4,13-19H2,1H3,(H,26,29)/t21-/m0/s1. The van der Waals surface area contributed by atoms with Crippen LogP contribution in [0, 0.1) is 5.92 Å². The zero-order chi connectivity index (χ0) is 26.5. The summed E-state index contributed by atoms with van der Waals surface area (Å²) in [7, 11) is -7.31. The van der Waals surface area contributed by atoms with E-state index < -0.39 is 26.0 Å². The maximum atomic E-state index is 13.1. The molecule has 4 rings (SSSR count). The van der Waals surface area contributed by atoms with E-state index in [9.17, 15) is 21.6 Å². The van der Waals surface area contributed by atoms with Crippen LogP contribution in [0.15, 0.2) is 58.3 Å². The molecule has 0 aromatic heterocycles. The fourth-order valence-electron chi connectivity index (χ4n) is 4.45. The van der Waals surface area contributed by atoms with Crippen molar-refractivity contribution in [1.82, 2.24) is 13.9 Å². The maximum absolute atomic E-state index is 13.1. The normalized spacial score (nSPS) is 19.9. The lowest BCUT2D eigenvalue weighted by molar-refractivity contribution is -0.126. The molecule has 0 radical (unpaired) electrons. The molecule has 0 bridgehead atoms. The second kappa shape index (κ2) is 11.9. The van der Waals surface area contributed by atoms with Gasteiger partial charge in [-0.25, -0.2) is 16.8 Å². The SMILES string of the molecule is CCOc1ccc(S(=O)(=O)N2CCC[C@H](C(=O)NCc3ccc(S(=O)(=O)N4CCOCC4)cc3)C2)cc1. The van der Waals surface area contributed by atoms with Crippen LogP contribution in [0.4, 0.5) is 0 Å². The lowest BCUT2D eigenvalue weighted by Gasteiger charge is -2.31. The summed E-state index contributed by atoms with van der Waals surface area (Å²) >= 11 is 0. The Bertz CT molecular complexity index is 1270. The molecule has 0 unspecified atom stereocenters. The van der Waals surface area contributed by atoms with Crippen LogP contribution in [0.2, 0.25) is 0 Å². The van der Waals surface area contributed by atoms with Crippen LogP contribution >= 0.6 is 0 Å². The first-order valence-corrected chi connectivity index (χ1v) is 15.3. The summed E-state index contributed by atoms with van der Waals surface area (Å²) in [5.41, 5.74) is 0.754. The highest BCUT2D eigenvalue weighted by molar-refractivity contribution is 7.89. The summed E-state index contributed by atoms with van der Waals surface area (Å²) in [6.07, 6.45) is 1.18. The Morgan fingerprint density at radius 3 is 2.14 bits per heavy atom. The average Bonchev–Trinajstić information content (AvgIpc) is 2.93. The molecule has 1 atom stereocenters. The number of ether oxygens (including phenoxy) is 2. The third-order valence-electron chi connectivity index (χ3n) is 6.53. The molecule has 10 nitrogen and oxygen atoms in total. The van der Waals surface area contributed by atoms with Crippen molar-refractivity contribution in [2.45, 2.75) is 36.1 Å². The van der Waals surface area contributed by atoms with Gasteiger partial charge in [0.25, 0.3) is 0 Å². The molecule has 2 aromatic rings. The zero-order valence-corrected chi connectivity index (χ0v) is 22.5. The first-order chi connectivity index (χ1) is 17.7. The summed E-state index contributed by atoms with van der Waals surface area (Å²) in [6.45, 7) is 4.45. The van der Waals surface area contributed by atoms with Crippen molar-refractivity contribution in [2.75, 3.05) is 46.0 Å². The molecular weight excluding hydrogens is 518 g/mol. The van der Waals surface area contributed by atoms with Crippen molar-refractivity contribution in [3.63, 3.8) is 0 Å². The molecule has 37 heavy (non-hydrogen) atoms. The van der Waals surface area contributed by atoms with E-state index in [2.05, 4.69) is 5.32 Å². The van der Waals surface area contributed by atoms with Gasteiger partial charge in [0, 0.05) is 32.7 Å². The summed E-state index contributed by atoms with van der Waals surface area (Å²) in [5, 5.41) is 2.87. The molecule has 0 spiro atoms. The topological polar surface area (TPSA) is 122 Å². The number of sulfonamides is 2. The van der Waals surface area contributed by atoms with E-state index >= 15 is 0 Å². The lowest BCUT2D eigenvalue weighted by Crippen LogP contribution is -2.45. The summed E-state index contributed by atoms with van der Waals surface area (Å²) in [6, 6.07) is 12.7. The van der Waals surface area contributed by atoms with Crippen molar-refractivity contribution in [3.8, 4) is 5.75 Å². The van der Waals surface area contributed by atoms with E-state index in [0.717, 1.165) is 5.56 Å². The average molecular weight is 552 g/mol. The highest BCUT2D eigenvalue weighted by atomic mass is 32.2. The van der Waals surface area contributed by atoms with E-state index in [1.165, 1.54) is 32.9 Å². The van der Waals surface area contributed by atoms with Crippen LogP contribution in [0.25, 0.3) is 0 Å². The second-order valence-electron chi connectivity index (χ2n) is 8.98. The Morgan fingerprint density at radius 1 is 0.919 bits per heavy atom. The molecule has 2 aromatic carbocycles. The number of nitrogens with one attached hydrogen (secondary N) is 1. The predicted octanol–water partition coefficient (Wildman–Crippen LogP) is 1.82. The lowest BCUT2D eigenvalue weighted by atomic mass is 9.99. The number of carbonyl (C=O) groups is 1. The number of benzene rings is 2. The van der Waals surface area contributed by atoms with Gasteiger partial charge in [-0.05, 0) is 61.7 Å². The van der Waals surface area contributed by atoms with E-state index in [-0.39, 0.29) is 28.8 Å². The Morgan fingerprint density at radius 2 is 1.51 bits per heavy atom. The number of rotatable bonds is 9. The predicted molar refractivity (Wildman–Crippen MR) is 137 cm³/mol. The van der Waals surface area contributed by atoms with Gasteiger partial charge in [-0.1, -0.05) is 12.1 Å². The second-order valence-corrected chi connectivity index (χ2v) is 12.9. The molecule has 2 fully saturated rings. The summed E-state index contributed by atoms with van der Waals surface area (Å²) in [4.78, 5) is 13.2. The van der Waals surface area contributed by atoms with E-state index in [1.807, 2.05) is 6.92 Å². The van der Waals surface area contributed by atoms with Crippen LogP contribution in [0.5, 0.6) is 5.75 Å². The summed E-state index contributed by atoms with van der Waals surface area (Å²) < 4.78 is 65.2. The number of nitrogens with zero attached hydrogens (tertiary/aromatic N) is 2. The number of piperidine rings is 1. The zero-order valence-electron chi connectivity index (χ0n) is 20.8. The molecule has 0 saturated carbocycles. The van der Waals surface area contributed by atoms with Gasteiger partial charge in [0.2, 0.25) is 26.0 Å². The van der Waals surface area contributed by atoms with Crippen LogP contribution in [0.3, 0.4) is 0 Å². The van der Waals surface area contributed by atoms with Crippen LogP contribution in [-0.2, 0) is 36.1 Å². The van der Waals surface area contributed by atoms with Gasteiger partial charge in [-0.3, -0.25) is 4.79 Å². The van der Waals surface area contributed by atoms with Crippen molar-refractivity contribution in [3.05, 3.63) is 54.1 Å². The van der Waals surface area contributed by atoms with E-state index in [1.54, 1.807) is 24.3 Å². The van der Waals surface area contributed by atoms with Gasteiger partial charge in [0.05, 0.1) is 35.5 Å². The van der Waals surface area contributed by atoms with Crippen LogP contribution in [0.1, 0.15) is 25.3 Å². The van der Waals surface area contributed by atoms with E-state index in [0.29, 0.717) is 58.0 Å².